The molecule has 1 unspecified atom stereocenters. The molecule has 0 heterocycles. The van der Waals surface area contributed by atoms with Crippen molar-refractivity contribution in [2.75, 3.05) is 5.32 Å². The van der Waals surface area contributed by atoms with E-state index in [2.05, 4.69) is 5.32 Å². The number of halogens is 1. The van der Waals surface area contributed by atoms with Gasteiger partial charge in [0.1, 0.15) is 0 Å². The van der Waals surface area contributed by atoms with Gasteiger partial charge in [-0.1, -0.05) is 23.7 Å². The van der Waals surface area contributed by atoms with Crippen LogP contribution in [0.5, 0.6) is 0 Å². The molecule has 2 aromatic carbocycles. The number of benzene rings is 2. The highest BCUT2D eigenvalue weighted by atomic mass is 35.5. The Morgan fingerprint density at radius 1 is 1.19 bits per heavy atom. The van der Waals surface area contributed by atoms with Gasteiger partial charge in [-0.2, -0.15) is 0 Å². The van der Waals surface area contributed by atoms with Crippen molar-refractivity contribution in [1.29, 1.82) is 0 Å². The first kappa shape index (κ1) is 15.9. The number of hydrogen-bond donors (Lipinski definition) is 2. The van der Waals surface area contributed by atoms with Crippen molar-refractivity contribution < 1.29 is 9.90 Å². The normalized spacial score (nSPS) is 12.0. The zero-order chi connectivity index (χ0) is 15.2. The Kier molecular flexibility index (Phi) is 5.67. The van der Waals surface area contributed by atoms with E-state index in [0.29, 0.717) is 5.02 Å². The maximum atomic E-state index is 12.1. The van der Waals surface area contributed by atoms with E-state index in [1.54, 1.807) is 24.3 Å². The lowest BCUT2D eigenvalue weighted by molar-refractivity contribution is -0.115. The summed E-state index contributed by atoms with van der Waals surface area (Å²) in [7, 11) is 0. The summed E-state index contributed by atoms with van der Waals surface area (Å²) < 4.78 is 0. The summed E-state index contributed by atoms with van der Waals surface area (Å²) in [5.74, 6) is -0.0632. The Labute approximate surface area is 133 Å². The van der Waals surface area contributed by atoms with Crippen molar-refractivity contribution in [3.05, 3.63) is 59.1 Å². The largest absolute Gasteiger partial charge is 0.392 e. The summed E-state index contributed by atoms with van der Waals surface area (Å²) in [5.41, 5.74) is 1.54. The number of nitrogens with one attached hydrogen (secondary N) is 1. The van der Waals surface area contributed by atoms with E-state index in [0.717, 1.165) is 16.1 Å². The average molecular weight is 322 g/mol. The first-order valence-electron chi connectivity index (χ1n) is 6.51. The lowest BCUT2D eigenvalue weighted by Gasteiger charge is -2.12. The fourth-order valence-electron chi connectivity index (χ4n) is 1.71. The van der Waals surface area contributed by atoms with Crippen LogP contribution in [0.3, 0.4) is 0 Å². The van der Waals surface area contributed by atoms with Crippen molar-refractivity contribution in [2.24, 2.45) is 0 Å². The quantitative estimate of drug-likeness (QED) is 0.820. The average Bonchev–Trinajstić information content (AvgIpc) is 2.50. The van der Waals surface area contributed by atoms with Crippen LogP contribution in [0.2, 0.25) is 5.02 Å². The third kappa shape index (κ3) is 4.77. The summed E-state index contributed by atoms with van der Waals surface area (Å²) in [4.78, 5) is 13.1. The first-order chi connectivity index (χ1) is 10.1. The number of thioether (sulfide) groups is 1. The molecule has 1 amide bonds. The second kappa shape index (κ2) is 7.50. The number of anilines is 1. The molecule has 21 heavy (non-hydrogen) atoms. The summed E-state index contributed by atoms with van der Waals surface area (Å²) >= 11 is 7.31. The van der Waals surface area contributed by atoms with Gasteiger partial charge in [-0.3, -0.25) is 4.79 Å². The highest BCUT2D eigenvalue weighted by Gasteiger charge is 2.14. The Morgan fingerprint density at radius 3 is 2.38 bits per heavy atom. The van der Waals surface area contributed by atoms with Gasteiger partial charge in [-0.15, -0.1) is 11.8 Å². The van der Waals surface area contributed by atoms with Crippen LogP contribution in [0.4, 0.5) is 5.69 Å². The molecule has 2 aromatic rings. The molecule has 0 radical (unpaired) electrons. The van der Waals surface area contributed by atoms with Crippen molar-refractivity contribution in [1.82, 2.24) is 0 Å². The van der Waals surface area contributed by atoms with Crippen LogP contribution in [-0.4, -0.2) is 16.3 Å². The van der Waals surface area contributed by atoms with Gasteiger partial charge in [0, 0.05) is 15.6 Å². The number of rotatable bonds is 5. The van der Waals surface area contributed by atoms with E-state index >= 15 is 0 Å². The fraction of sp³-hybridized carbons (Fsp3) is 0.188. The van der Waals surface area contributed by atoms with E-state index in [-0.39, 0.29) is 17.8 Å². The summed E-state index contributed by atoms with van der Waals surface area (Å²) in [5, 5.41) is 12.3. The van der Waals surface area contributed by atoms with E-state index in [1.165, 1.54) is 11.8 Å². The molecule has 0 aliphatic carbocycles. The monoisotopic (exact) mass is 321 g/mol. The van der Waals surface area contributed by atoms with E-state index in [4.69, 9.17) is 16.7 Å². The molecule has 1 atom stereocenters. The van der Waals surface area contributed by atoms with Crippen molar-refractivity contribution >= 4 is 35.0 Å². The standard InChI is InChI=1S/C16H16ClNO2S/c1-11(21-15-8-4-13(17)5-9-15)16(20)18-14-6-2-12(10-19)3-7-14/h2-9,11,19H,10H2,1H3,(H,18,20). The van der Waals surface area contributed by atoms with Gasteiger partial charge in [0.2, 0.25) is 5.91 Å². The van der Waals surface area contributed by atoms with Gasteiger partial charge in [-0.25, -0.2) is 0 Å². The number of aliphatic hydroxyl groups is 1. The van der Waals surface area contributed by atoms with Crippen LogP contribution in [0.25, 0.3) is 0 Å². The summed E-state index contributed by atoms with van der Waals surface area (Å²) in [6.45, 7) is 1.85. The van der Waals surface area contributed by atoms with Crippen LogP contribution < -0.4 is 5.32 Å². The zero-order valence-electron chi connectivity index (χ0n) is 11.5. The van der Waals surface area contributed by atoms with Gasteiger partial charge in [-0.05, 0) is 48.9 Å². The third-order valence-electron chi connectivity index (χ3n) is 2.90. The zero-order valence-corrected chi connectivity index (χ0v) is 13.1. The predicted octanol–water partition coefficient (Wildman–Crippen LogP) is 3.95. The molecule has 5 heteroatoms. The molecular formula is C16H16ClNO2S. The lowest BCUT2D eigenvalue weighted by Crippen LogP contribution is -2.22. The van der Waals surface area contributed by atoms with Gasteiger partial charge in [0.25, 0.3) is 0 Å². The van der Waals surface area contributed by atoms with Crippen LogP contribution in [-0.2, 0) is 11.4 Å². The number of aliphatic hydroxyl groups excluding tert-OH is 1. The Bertz CT molecular complexity index is 599. The molecule has 2 N–H and O–H groups in total. The molecule has 0 spiro atoms. The molecule has 0 bridgehead atoms. The van der Waals surface area contributed by atoms with Crippen molar-refractivity contribution in [3.63, 3.8) is 0 Å². The van der Waals surface area contributed by atoms with Gasteiger partial charge in [0.05, 0.1) is 11.9 Å². The summed E-state index contributed by atoms with van der Waals surface area (Å²) in [6, 6.07) is 14.5. The molecule has 0 aromatic heterocycles. The molecule has 0 saturated carbocycles. The number of hydrogen-bond acceptors (Lipinski definition) is 3. The second-order valence-electron chi connectivity index (χ2n) is 4.56. The molecule has 0 aliphatic heterocycles. The Morgan fingerprint density at radius 2 is 1.81 bits per heavy atom. The van der Waals surface area contributed by atoms with E-state index in [9.17, 15) is 4.79 Å². The van der Waals surface area contributed by atoms with Gasteiger partial charge in [0.15, 0.2) is 0 Å². The number of carbonyl (C=O) groups excluding carboxylic acids is 1. The third-order valence-corrected chi connectivity index (χ3v) is 4.26. The fourth-order valence-corrected chi connectivity index (χ4v) is 2.70. The van der Waals surface area contributed by atoms with Crippen LogP contribution in [0.15, 0.2) is 53.4 Å². The van der Waals surface area contributed by atoms with E-state index < -0.39 is 0 Å². The predicted molar refractivity (Wildman–Crippen MR) is 87.8 cm³/mol. The molecule has 3 nitrogen and oxygen atoms in total. The van der Waals surface area contributed by atoms with Crippen LogP contribution >= 0.6 is 23.4 Å². The number of amides is 1. The van der Waals surface area contributed by atoms with Crippen LogP contribution in [0, 0.1) is 0 Å². The van der Waals surface area contributed by atoms with Gasteiger partial charge >= 0.3 is 0 Å². The topological polar surface area (TPSA) is 49.3 Å². The minimum Gasteiger partial charge on any atom is -0.392 e. The lowest BCUT2D eigenvalue weighted by atomic mass is 10.2. The molecule has 2 rings (SSSR count). The molecule has 0 saturated heterocycles. The Balaban J connectivity index is 1.93. The number of carbonyl (C=O) groups is 1. The molecule has 0 fully saturated rings. The summed E-state index contributed by atoms with van der Waals surface area (Å²) in [6.07, 6.45) is 0. The SMILES string of the molecule is CC(Sc1ccc(Cl)cc1)C(=O)Nc1ccc(CO)cc1. The van der Waals surface area contributed by atoms with Crippen molar-refractivity contribution in [2.45, 2.75) is 23.7 Å². The van der Waals surface area contributed by atoms with Crippen molar-refractivity contribution in [3.8, 4) is 0 Å². The second-order valence-corrected chi connectivity index (χ2v) is 6.41. The maximum absolute atomic E-state index is 12.1. The molecule has 110 valence electrons. The minimum absolute atomic E-state index is 0.00293. The van der Waals surface area contributed by atoms with Gasteiger partial charge < -0.3 is 10.4 Å². The first-order valence-corrected chi connectivity index (χ1v) is 7.77. The highest BCUT2D eigenvalue weighted by Crippen LogP contribution is 2.25. The highest BCUT2D eigenvalue weighted by molar-refractivity contribution is 8.00. The van der Waals surface area contributed by atoms with E-state index in [1.807, 2.05) is 31.2 Å². The minimum atomic E-state index is -0.219. The maximum Gasteiger partial charge on any atom is 0.237 e. The smallest absolute Gasteiger partial charge is 0.237 e. The molecular weight excluding hydrogens is 306 g/mol. The molecule has 0 aliphatic rings. The Hall–Kier alpha value is -1.49. The van der Waals surface area contributed by atoms with Crippen LogP contribution in [0.1, 0.15) is 12.5 Å².